The first-order valence-corrected chi connectivity index (χ1v) is 5.63. The molecule has 1 aromatic carbocycles. The monoisotopic (exact) mass is 279 g/mol. The van der Waals surface area contributed by atoms with Gasteiger partial charge in [-0.2, -0.15) is 0 Å². The molecule has 1 aliphatic rings. The van der Waals surface area contributed by atoms with Crippen molar-refractivity contribution in [2.75, 3.05) is 6.61 Å². The smallest absolute Gasteiger partial charge is 0.158 e. The van der Waals surface area contributed by atoms with Gasteiger partial charge in [-0.15, -0.1) is 6.42 Å². The number of oxime groups is 1. The fraction of sp³-hybridized carbons (Fsp3) is 0.250. The van der Waals surface area contributed by atoms with Crippen LogP contribution in [0.3, 0.4) is 0 Å². The van der Waals surface area contributed by atoms with E-state index in [1.807, 2.05) is 24.3 Å². The maximum atomic E-state index is 5.28. The van der Waals surface area contributed by atoms with Crippen molar-refractivity contribution in [2.24, 2.45) is 5.16 Å². The van der Waals surface area contributed by atoms with E-state index in [4.69, 9.17) is 16.0 Å². The Morgan fingerprint density at radius 2 is 2.25 bits per heavy atom. The Morgan fingerprint density at radius 3 is 2.81 bits per heavy atom. The minimum Gasteiger partial charge on any atom is -0.481 e. The van der Waals surface area contributed by atoms with E-state index in [2.05, 4.69) is 27.0 Å². The van der Waals surface area contributed by atoms with Gasteiger partial charge in [0, 0.05) is 6.42 Å². The Bertz CT molecular complexity index is 433. The van der Waals surface area contributed by atoms with E-state index >= 15 is 0 Å². The Labute approximate surface area is 103 Å². The molecular weight excluding hydrogens is 270 g/mol. The van der Waals surface area contributed by atoms with Crippen molar-refractivity contribution >= 4 is 20.6 Å². The maximum Gasteiger partial charge on any atom is 0.158 e. The predicted octanol–water partition coefficient (Wildman–Crippen LogP) is 2.87. The lowest BCUT2D eigenvalue weighted by Crippen LogP contribution is -1.98. The highest BCUT2D eigenvalue weighted by atomic mass is 79.9. The van der Waals surface area contributed by atoms with Gasteiger partial charge in [-0.3, -0.25) is 0 Å². The molecule has 4 heteroatoms. The number of hydrogen-bond acceptors (Lipinski definition) is 3. The summed E-state index contributed by atoms with van der Waals surface area (Å²) >= 11 is 3.30. The third-order valence-corrected chi connectivity index (χ3v) is 2.68. The Hall–Kier alpha value is -1.47. The Kier molecular flexibility index (Phi) is 3.47. The molecule has 1 heterocycles. The molecule has 2 rings (SSSR count). The summed E-state index contributed by atoms with van der Waals surface area (Å²) in [5, 5.41) is 3.84. The second-order valence-electron chi connectivity index (χ2n) is 3.33. The number of nitrogens with zero attached hydrogens (tertiary/aromatic N) is 1. The van der Waals surface area contributed by atoms with Crippen LogP contribution in [0.15, 0.2) is 29.4 Å². The van der Waals surface area contributed by atoms with Crippen LogP contribution in [0.2, 0.25) is 0 Å². The summed E-state index contributed by atoms with van der Waals surface area (Å²) < 4.78 is 6.12. The molecule has 0 fully saturated rings. The van der Waals surface area contributed by atoms with E-state index in [-0.39, 0.29) is 12.7 Å². The van der Waals surface area contributed by atoms with Crippen LogP contribution < -0.4 is 4.74 Å². The number of rotatable bonds is 3. The van der Waals surface area contributed by atoms with Crippen LogP contribution in [0.5, 0.6) is 5.75 Å². The van der Waals surface area contributed by atoms with Crippen LogP contribution in [0, 0.1) is 12.3 Å². The van der Waals surface area contributed by atoms with E-state index in [9.17, 15) is 0 Å². The number of hydrogen-bond donors (Lipinski definition) is 0. The fourth-order valence-electron chi connectivity index (χ4n) is 1.43. The lowest BCUT2D eigenvalue weighted by molar-refractivity contribution is 0.0857. The van der Waals surface area contributed by atoms with Crippen molar-refractivity contribution in [3.8, 4) is 18.1 Å². The Balaban J connectivity index is 2.00. The molecule has 0 spiro atoms. The highest BCUT2D eigenvalue weighted by molar-refractivity contribution is 9.18. The molecule has 0 aromatic heterocycles. The van der Waals surface area contributed by atoms with Gasteiger partial charge in [-0.1, -0.05) is 23.2 Å². The van der Waals surface area contributed by atoms with Crippen molar-refractivity contribution in [1.82, 2.24) is 0 Å². The molecule has 3 nitrogen and oxygen atoms in total. The zero-order valence-corrected chi connectivity index (χ0v) is 10.1. The first-order chi connectivity index (χ1) is 7.79. The van der Waals surface area contributed by atoms with Gasteiger partial charge in [-0.05, 0) is 33.6 Å². The molecule has 1 aliphatic heterocycles. The summed E-state index contributed by atoms with van der Waals surface area (Å²) in [6, 6.07) is 7.67. The van der Waals surface area contributed by atoms with Crippen molar-refractivity contribution in [3.63, 3.8) is 0 Å². The third kappa shape index (κ3) is 2.56. The highest BCUT2D eigenvalue weighted by Gasteiger charge is 2.20. The molecule has 0 bridgehead atoms. The van der Waals surface area contributed by atoms with Crippen molar-refractivity contribution in [2.45, 2.75) is 12.5 Å². The van der Waals surface area contributed by atoms with Gasteiger partial charge in [0.05, 0.1) is 0 Å². The first-order valence-electron chi connectivity index (χ1n) is 4.84. The number of halogens is 1. The van der Waals surface area contributed by atoms with Gasteiger partial charge < -0.3 is 9.57 Å². The van der Waals surface area contributed by atoms with E-state index in [0.717, 1.165) is 22.4 Å². The van der Waals surface area contributed by atoms with Crippen LogP contribution in [0.25, 0.3) is 0 Å². The van der Waals surface area contributed by atoms with Crippen LogP contribution >= 0.6 is 15.9 Å². The van der Waals surface area contributed by atoms with Crippen molar-refractivity contribution in [1.29, 1.82) is 0 Å². The summed E-state index contributed by atoms with van der Waals surface area (Å²) in [5.74, 6) is 3.18. The van der Waals surface area contributed by atoms with Gasteiger partial charge in [0.15, 0.2) is 6.10 Å². The van der Waals surface area contributed by atoms with Gasteiger partial charge in [-0.25, -0.2) is 0 Å². The minimum absolute atomic E-state index is 0.00365. The van der Waals surface area contributed by atoms with E-state index in [0.29, 0.717) is 0 Å². The zero-order valence-electron chi connectivity index (χ0n) is 8.52. The molecule has 0 N–H and O–H groups in total. The lowest BCUT2D eigenvalue weighted by atomic mass is 10.1. The topological polar surface area (TPSA) is 30.8 Å². The molecule has 0 saturated heterocycles. The van der Waals surface area contributed by atoms with Gasteiger partial charge in [0.25, 0.3) is 0 Å². The van der Waals surface area contributed by atoms with Gasteiger partial charge >= 0.3 is 0 Å². The zero-order chi connectivity index (χ0) is 11.4. The second kappa shape index (κ2) is 5.04. The number of benzene rings is 1. The molecule has 1 atom stereocenters. The fourth-order valence-corrected chi connectivity index (χ4v) is 1.81. The van der Waals surface area contributed by atoms with Gasteiger partial charge in [0.1, 0.15) is 17.0 Å². The Morgan fingerprint density at radius 1 is 1.50 bits per heavy atom. The molecular formula is C12H10BrNO2. The average molecular weight is 280 g/mol. The second-order valence-corrected chi connectivity index (χ2v) is 4.24. The quantitative estimate of drug-likeness (QED) is 0.797. The van der Waals surface area contributed by atoms with E-state index < -0.39 is 0 Å². The summed E-state index contributed by atoms with van der Waals surface area (Å²) in [6.07, 6.45) is 5.87. The molecule has 0 unspecified atom stereocenters. The number of ether oxygens (including phenoxy) is 1. The van der Waals surface area contributed by atoms with Gasteiger partial charge in [0.2, 0.25) is 0 Å². The molecule has 0 saturated carbocycles. The predicted molar refractivity (Wildman–Crippen MR) is 65.6 cm³/mol. The van der Waals surface area contributed by atoms with Crippen LogP contribution in [-0.4, -0.2) is 11.2 Å². The molecule has 16 heavy (non-hydrogen) atoms. The molecule has 82 valence electrons. The SMILES string of the molecule is C#CCOc1ccc([C@@H]2CC(Br)=NO2)cc1. The standard InChI is InChI=1S/C12H10BrNO2/c1-2-7-15-10-5-3-9(4-6-10)11-8-12(13)14-16-11/h1,3-6,11H,7-8H2/t11-/m0/s1. The van der Waals surface area contributed by atoms with Crippen LogP contribution in [0.4, 0.5) is 0 Å². The summed E-state index contributed by atoms with van der Waals surface area (Å²) in [7, 11) is 0. The van der Waals surface area contributed by atoms with Crippen molar-refractivity contribution < 1.29 is 9.57 Å². The van der Waals surface area contributed by atoms with Crippen molar-refractivity contribution in [3.05, 3.63) is 29.8 Å². The molecule has 0 aliphatic carbocycles. The number of terminal acetylenes is 1. The molecule has 0 radical (unpaired) electrons. The minimum atomic E-state index is -0.00365. The summed E-state index contributed by atoms with van der Waals surface area (Å²) in [4.78, 5) is 5.24. The van der Waals surface area contributed by atoms with Crippen LogP contribution in [-0.2, 0) is 4.84 Å². The lowest BCUT2D eigenvalue weighted by Gasteiger charge is -2.09. The van der Waals surface area contributed by atoms with Crippen LogP contribution in [0.1, 0.15) is 18.1 Å². The average Bonchev–Trinajstić information content (AvgIpc) is 2.74. The molecule has 1 aromatic rings. The summed E-state index contributed by atoms with van der Waals surface area (Å²) in [5.41, 5.74) is 1.08. The van der Waals surface area contributed by atoms with E-state index in [1.165, 1.54) is 0 Å². The summed E-state index contributed by atoms with van der Waals surface area (Å²) in [6.45, 7) is 0.286. The first kappa shape index (κ1) is 11.0. The molecule has 0 amide bonds. The highest BCUT2D eigenvalue weighted by Crippen LogP contribution is 2.29. The normalized spacial score (nSPS) is 18.5. The van der Waals surface area contributed by atoms with E-state index in [1.54, 1.807) is 0 Å². The third-order valence-electron chi connectivity index (χ3n) is 2.21. The maximum absolute atomic E-state index is 5.28. The largest absolute Gasteiger partial charge is 0.481 e.